The van der Waals surface area contributed by atoms with Gasteiger partial charge in [0.25, 0.3) is 0 Å². The zero-order valence-electron chi connectivity index (χ0n) is 20.6. The molecule has 0 aliphatic heterocycles. The van der Waals surface area contributed by atoms with Gasteiger partial charge < -0.3 is 15.0 Å². The van der Waals surface area contributed by atoms with Crippen LogP contribution in [0.4, 0.5) is 4.39 Å². The van der Waals surface area contributed by atoms with Crippen molar-refractivity contribution in [3.8, 4) is 5.75 Å². The molecule has 2 amide bonds. The van der Waals surface area contributed by atoms with Crippen LogP contribution in [0.5, 0.6) is 5.75 Å². The van der Waals surface area contributed by atoms with Gasteiger partial charge in [-0.15, -0.1) is 0 Å². The van der Waals surface area contributed by atoms with Crippen molar-refractivity contribution in [1.82, 2.24) is 10.2 Å². The fraction of sp³-hybridized carbons (Fsp3) is 0.310. The van der Waals surface area contributed by atoms with Crippen LogP contribution in [-0.2, 0) is 22.6 Å². The molecule has 7 heteroatoms. The van der Waals surface area contributed by atoms with E-state index in [1.165, 1.54) is 11.0 Å². The Kier molecular flexibility index (Phi) is 10.3. The second kappa shape index (κ2) is 13.6. The van der Waals surface area contributed by atoms with Gasteiger partial charge in [0.1, 0.15) is 17.6 Å². The molecular formula is C29H32ClFN2O3. The highest BCUT2D eigenvalue weighted by atomic mass is 35.5. The van der Waals surface area contributed by atoms with Gasteiger partial charge in [-0.2, -0.15) is 0 Å². The van der Waals surface area contributed by atoms with Crippen molar-refractivity contribution in [1.29, 1.82) is 0 Å². The normalized spacial score (nSPS) is 11.7. The van der Waals surface area contributed by atoms with Gasteiger partial charge in [-0.05, 0) is 56.2 Å². The molecule has 0 bridgehead atoms. The Hall–Kier alpha value is -3.38. The maximum atomic E-state index is 14.6. The van der Waals surface area contributed by atoms with Gasteiger partial charge in [0.15, 0.2) is 0 Å². The van der Waals surface area contributed by atoms with Crippen LogP contribution in [0.1, 0.15) is 37.8 Å². The first-order valence-corrected chi connectivity index (χ1v) is 12.5. The molecule has 3 aromatic rings. The van der Waals surface area contributed by atoms with Gasteiger partial charge in [0.2, 0.25) is 11.8 Å². The Labute approximate surface area is 217 Å². The first kappa shape index (κ1) is 27.2. The lowest BCUT2D eigenvalue weighted by Crippen LogP contribution is -2.51. The van der Waals surface area contributed by atoms with Crippen molar-refractivity contribution < 1.29 is 18.7 Å². The zero-order valence-corrected chi connectivity index (χ0v) is 21.4. The van der Waals surface area contributed by atoms with Gasteiger partial charge >= 0.3 is 0 Å². The van der Waals surface area contributed by atoms with Crippen molar-refractivity contribution in [2.45, 2.75) is 51.7 Å². The molecule has 0 aliphatic carbocycles. The maximum absolute atomic E-state index is 14.6. The molecule has 0 heterocycles. The number of carbonyl (C=O) groups is 2. The molecule has 0 saturated heterocycles. The first-order valence-electron chi connectivity index (χ1n) is 12.1. The number of hydrogen-bond donors (Lipinski definition) is 1. The molecule has 0 unspecified atom stereocenters. The second-order valence-electron chi connectivity index (χ2n) is 8.89. The summed E-state index contributed by atoms with van der Waals surface area (Å²) in [7, 11) is 0. The van der Waals surface area contributed by atoms with E-state index in [4.69, 9.17) is 16.3 Å². The van der Waals surface area contributed by atoms with Crippen LogP contribution in [0.25, 0.3) is 0 Å². The van der Waals surface area contributed by atoms with Crippen LogP contribution in [-0.4, -0.2) is 35.4 Å². The third kappa shape index (κ3) is 8.38. The van der Waals surface area contributed by atoms with Gasteiger partial charge in [-0.3, -0.25) is 9.59 Å². The molecule has 0 spiro atoms. The molecule has 3 rings (SSSR count). The average molecular weight is 511 g/mol. The van der Waals surface area contributed by atoms with E-state index in [2.05, 4.69) is 5.32 Å². The van der Waals surface area contributed by atoms with E-state index in [-0.39, 0.29) is 30.8 Å². The predicted molar refractivity (Wildman–Crippen MR) is 140 cm³/mol. The number of halogens is 2. The van der Waals surface area contributed by atoms with Crippen molar-refractivity contribution in [2.24, 2.45) is 0 Å². The second-order valence-corrected chi connectivity index (χ2v) is 9.32. The summed E-state index contributed by atoms with van der Waals surface area (Å²) in [5, 5.41) is 3.55. The highest BCUT2D eigenvalue weighted by Crippen LogP contribution is 2.19. The minimum atomic E-state index is -0.793. The fourth-order valence-electron chi connectivity index (χ4n) is 3.83. The molecule has 3 aromatic carbocycles. The molecule has 5 nitrogen and oxygen atoms in total. The minimum Gasteiger partial charge on any atom is -0.494 e. The Bertz CT molecular complexity index is 1120. The molecular weight excluding hydrogens is 479 g/mol. The highest BCUT2D eigenvalue weighted by molar-refractivity contribution is 6.30. The standard InChI is InChI=1S/C29H32ClFN2O3/c1-21(2)32-29(35)27(19-22-9-4-3-5-10-22)33(20-23-11-6-7-12-26(23)31)28(34)13-8-18-36-25-16-14-24(30)15-17-25/h3-7,9-12,14-17,21,27H,8,13,18-20H2,1-2H3,(H,32,35)/t27-/m0/s1. The predicted octanol–water partition coefficient (Wildman–Crippen LogP) is 5.80. The average Bonchev–Trinajstić information content (AvgIpc) is 2.86. The number of nitrogens with one attached hydrogen (secondary N) is 1. The van der Waals surface area contributed by atoms with Crippen LogP contribution in [0, 0.1) is 5.82 Å². The lowest BCUT2D eigenvalue weighted by atomic mass is 10.0. The third-order valence-corrected chi connectivity index (χ3v) is 5.87. The largest absolute Gasteiger partial charge is 0.494 e. The summed E-state index contributed by atoms with van der Waals surface area (Å²) in [5.74, 6) is -0.258. The van der Waals surface area contributed by atoms with E-state index >= 15 is 0 Å². The molecule has 1 N–H and O–H groups in total. The Morgan fingerprint density at radius 1 is 0.972 bits per heavy atom. The van der Waals surface area contributed by atoms with Gasteiger partial charge in [0.05, 0.1) is 6.61 Å². The molecule has 36 heavy (non-hydrogen) atoms. The van der Waals surface area contributed by atoms with Crippen LogP contribution in [0.15, 0.2) is 78.9 Å². The van der Waals surface area contributed by atoms with E-state index in [1.54, 1.807) is 42.5 Å². The van der Waals surface area contributed by atoms with Crippen molar-refractivity contribution >= 4 is 23.4 Å². The molecule has 0 fully saturated rings. The quantitative estimate of drug-likeness (QED) is 0.313. The number of hydrogen-bond acceptors (Lipinski definition) is 3. The van der Waals surface area contributed by atoms with E-state index < -0.39 is 11.9 Å². The van der Waals surface area contributed by atoms with E-state index in [9.17, 15) is 14.0 Å². The van der Waals surface area contributed by atoms with Crippen LogP contribution in [0.2, 0.25) is 5.02 Å². The maximum Gasteiger partial charge on any atom is 0.243 e. The van der Waals surface area contributed by atoms with E-state index in [0.717, 1.165) is 5.56 Å². The summed E-state index contributed by atoms with van der Waals surface area (Å²) in [6, 6.07) is 21.9. The summed E-state index contributed by atoms with van der Waals surface area (Å²) >= 11 is 5.91. The lowest BCUT2D eigenvalue weighted by molar-refractivity contribution is -0.141. The van der Waals surface area contributed by atoms with Crippen LogP contribution < -0.4 is 10.1 Å². The van der Waals surface area contributed by atoms with E-state index in [0.29, 0.717) is 35.8 Å². The molecule has 0 aliphatic rings. The number of carbonyl (C=O) groups excluding carboxylic acids is 2. The molecule has 190 valence electrons. The fourth-order valence-corrected chi connectivity index (χ4v) is 3.96. The Balaban J connectivity index is 1.79. The van der Waals surface area contributed by atoms with Gasteiger partial charge in [0, 0.05) is 36.0 Å². The smallest absolute Gasteiger partial charge is 0.243 e. The summed E-state index contributed by atoms with van der Waals surface area (Å²) < 4.78 is 20.3. The Morgan fingerprint density at radius 3 is 2.31 bits per heavy atom. The van der Waals surface area contributed by atoms with Gasteiger partial charge in [-0.25, -0.2) is 4.39 Å². The Morgan fingerprint density at radius 2 is 1.64 bits per heavy atom. The van der Waals surface area contributed by atoms with Crippen LogP contribution in [0.3, 0.4) is 0 Å². The molecule has 0 saturated carbocycles. The number of ether oxygens (including phenoxy) is 1. The minimum absolute atomic E-state index is 0.00738. The first-order chi connectivity index (χ1) is 17.3. The van der Waals surface area contributed by atoms with E-state index in [1.807, 2.05) is 44.2 Å². The SMILES string of the molecule is CC(C)NC(=O)[C@H](Cc1ccccc1)N(Cc1ccccc1F)C(=O)CCCOc1ccc(Cl)cc1. The summed E-state index contributed by atoms with van der Waals surface area (Å²) in [5.41, 5.74) is 1.28. The van der Waals surface area contributed by atoms with Crippen molar-refractivity contribution in [2.75, 3.05) is 6.61 Å². The number of amides is 2. The number of rotatable bonds is 12. The third-order valence-electron chi connectivity index (χ3n) is 5.62. The molecule has 1 atom stereocenters. The molecule has 0 aromatic heterocycles. The van der Waals surface area contributed by atoms with Crippen molar-refractivity contribution in [3.05, 3.63) is 101 Å². The summed E-state index contributed by atoms with van der Waals surface area (Å²) in [6.07, 6.45) is 0.919. The zero-order chi connectivity index (χ0) is 25.9. The monoisotopic (exact) mass is 510 g/mol. The molecule has 0 radical (unpaired) electrons. The van der Waals surface area contributed by atoms with Gasteiger partial charge in [-0.1, -0.05) is 60.1 Å². The van der Waals surface area contributed by atoms with Crippen molar-refractivity contribution in [3.63, 3.8) is 0 Å². The summed E-state index contributed by atoms with van der Waals surface area (Å²) in [6.45, 7) is 4.05. The lowest BCUT2D eigenvalue weighted by Gasteiger charge is -2.32. The summed E-state index contributed by atoms with van der Waals surface area (Å²) in [4.78, 5) is 28.3. The topological polar surface area (TPSA) is 58.6 Å². The van der Waals surface area contributed by atoms with Crippen LogP contribution >= 0.6 is 11.6 Å². The highest BCUT2D eigenvalue weighted by Gasteiger charge is 2.31. The number of nitrogens with zero attached hydrogens (tertiary/aromatic N) is 1. The number of benzene rings is 3.